The van der Waals surface area contributed by atoms with E-state index < -0.39 is 9.84 Å². The van der Waals surface area contributed by atoms with Gasteiger partial charge in [-0.2, -0.15) is 5.10 Å². The molecule has 1 aromatic heterocycles. The molecule has 19 heavy (non-hydrogen) atoms. The van der Waals surface area contributed by atoms with Crippen LogP contribution < -0.4 is 5.32 Å². The van der Waals surface area contributed by atoms with Crippen molar-refractivity contribution in [3.63, 3.8) is 0 Å². The molecule has 1 aromatic carbocycles. The number of nitrogens with one attached hydrogen (secondary N) is 1. The maximum Gasteiger partial charge on any atom is 0.175 e. The SMILES string of the molecule is Cn1cc(CCNc2ccc(S(C)(=O)=O)cc2)cn1. The summed E-state index contributed by atoms with van der Waals surface area (Å²) in [5, 5.41) is 7.35. The van der Waals surface area contributed by atoms with Crippen LogP contribution in [0.3, 0.4) is 0 Å². The summed E-state index contributed by atoms with van der Waals surface area (Å²) in [6.07, 6.45) is 5.91. The molecular formula is C13H17N3O2S. The number of aromatic nitrogens is 2. The summed E-state index contributed by atoms with van der Waals surface area (Å²) < 4.78 is 24.4. The molecule has 0 bridgehead atoms. The highest BCUT2D eigenvalue weighted by atomic mass is 32.2. The van der Waals surface area contributed by atoms with Crippen LogP contribution in [0.15, 0.2) is 41.6 Å². The molecule has 2 aromatic rings. The molecule has 2 rings (SSSR count). The van der Waals surface area contributed by atoms with E-state index in [1.54, 1.807) is 28.9 Å². The van der Waals surface area contributed by atoms with Crippen LogP contribution >= 0.6 is 0 Å². The van der Waals surface area contributed by atoms with E-state index in [2.05, 4.69) is 10.4 Å². The molecule has 0 spiro atoms. The Bertz CT molecular complexity index is 645. The fraction of sp³-hybridized carbons (Fsp3) is 0.308. The highest BCUT2D eigenvalue weighted by molar-refractivity contribution is 7.90. The molecule has 1 heterocycles. The number of benzene rings is 1. The lowest BCUT2D eigenvalue weighted by Crippen LogP contribution is -2.05. The first-order valence-electron chi connectivity index (χ1n) is 5.97. The molecule has 0 saturated heterocycles. The highest BCUT2D eigenvalue weighted by Gasteiger charge is 2.05. The third-order valence-electron chi connectivity index (χ3n) is 2.78. The number of hydrogen-bond acceptors (Lipinski definition) is 4. The molecule has 0 radical (unpaired) electrons. The van der Waals surface area contributed by atoms with Crippen molar-refractivity contribution in [1.29, 1.82) is 0 Å². The number of anilines is 1. The average Bonchev–Trinajstić information content (AvgIpc) is 2.75. The van der Waals surface area contributed by atoms with Gasteiger partial charge in [-0.3, -0.25) is 4.68 Å². The first-order valence-corrected chi connectivity index (χ1v) is 7.86. The molecule has 0 aliphatic heterocycles. The fourth-order valence-electron chi connectivity index (χ4n) is 1.77. The van der Waals surface area contributed by atoms with E-state index in [1.165, 1.54) is 11.8 Å². The van der Waals surface area contributed by atoms with Crippen molar-refractivity contribution in [2.24, 2.45) is 7.05 Å². The molecule has 0 aliphatic rings. The van der Waals surface area contributed by atoms with Crippen LogP contribution in [0.1, 0.15) is 5.56 Å². The Morgan fingerprint density at radius 2 is 1.95 bits per heavy atom. The number of rotatable bonds is 5. The van der Waals surface area contributed by atoms with E-state index in [0.717, 1.165) is 18.7 Å². The Labute approximate surface area is 113 Å². The molecule has 0 unspecified atom stereocenters. The van der Waals surface area contributed by atoms with Gasteiger partial charge in [-0.15, -0.1) is 0 Å². The van der Waals surface area contributed by atoms with Crippen LogP contribution in [0.25, 0.3) is 0 Å². The molecule has 0 saturated carbocycles. The molecule has 102 valence electrons. The van der Waals surface area contributed by atoms with Gasteiger partial charge in [0.2, 0.25) is 0 Å². The topological polar surface area (TPSA) is 64.0 Å². The second-order valence-electron chi connectivity index (χ2n) is 4.50. The molecule has 0 aliphatic carbocycles. The van der Waals surface area contributed by atoms with Crippen LogP contribution in [-0.2, 0) is 23.3 Å². The number of aryl methyl sites for hydroxylation is 1. The van der Waals surface area contributed by atoms with E-state index in [0.29, 0.717) is 4.90 Å². The zero-order chi connectivity index (χ0) is 13.9. The van der Waals surface area contributed by atoms with E-state index in [-0.39, 0.29) is 0 Å². The molecule has 0 amide bonds. The summed E-state index contributed by atoms with van der Waals surface area (Å²) in [4.78, 5) is 0.338. The first kappa shape index (κ1) is 13.6. The number of hydrogen-bond donors (Lipinski definition) is 1. The van der Waals surface area contributed by atoms with Crippen molar-refractivity contribution in [2.45, 2.75) is 11.3 Å². The minimum absolute atomic E-state index is 0.338. The van der Waals surface area contributed by atoms with Gasteiger partial charge in [0.05, 0.1) is 11.1 Å². The van der Waals surface area contributed by atoms with Crippen molar-refractivity contribution >= 4 is 15.5 Å². The summed E-state index contributed by atoms with van der Waals surface area (Å²) in [5.74, 6) is 0. The predicted molar refractivity (Wildman–Crippen MR) is 75.0 cm³/mol. The van der Waals surface area contributed by atoms with Gasteiger partial charge in [0.15, 0.2) is 9.84 Å². The zero-order valence-electron chi connectivity index (χ0n) is 11.0. The maximum atomic E-state index is 11.3. The summed E-state index contributed by atoms with van der Waals surface area (Å²) in [6.45, 7) is 0.782. The normalized spacial score (nSPS) is 11.5. The fourth-order valence-corrected chi connectivity index (χ4v) is 2.40. The Morgan fingerprint density at radius 1 is 1.26 bits per heavy atom. The lowest BCUT2D eigenvalue weighted by molar-refractivity contribution is 0.602. The standard InChI is InChI=1S/C13H17N3O2S/c1-16-10-11(9-15-16)7-8-14-12-3-5-13(6-4-12)19(2,17)18/h3-6,9-10,14H,7-8H2,1-2H3. The van der Waals surface area contributed by atoms with E-state index >= 15 is 0 Å². The Kier molecular flexibility index (Phi) is 3.90. The average molecular weight is 279 g/mol. The monoisotopic (exact) mass is 279 g/mol. The second-order valence-corrected chi connectivity index (χ2v) is 6.51. The van der Waals surface area contributed by atoms with Crippen molar-refractivity contribution in [3.8, 4) is 0 Å². The van der Waals surface area contributed by atoms with Crippen LogP contribution in [0, 0.1) is 0 Å². The lowest BCUT2D eigenvalue weighted by atomic mass is 10.2. The Morgan fingerprint density at radius 3 is 2.47 bits per heavy atom. The summed E-state index contributed by atoms with van der Waals surface area (Å²) in [5.41, 5.74) is 2.08. The van der Waals surface area contributed by atoms with Gasteiger partial charge in [-0.05, 0) is 36.2 Å². The number of nitrogens with zero attached hydrogens (tertiary/aromatic N) is 2. The molecule has 6 heteroatoms. The Hall–Kier alpha value is -1.82. The van der Waals surface area contributed by atoms with Crippen molar-refractivity contribution in [3.05, 3.63) is 42.2 Å². The van der Waals surface area contributed by atoms with Crippen molar-refractivity contribution in [1.82, 2.24) is 9.78 Å². The summed E-state index contributed by atoms with van der Waals surface area (Å²) >= 11 is 0. The maximum absolute atomic E-state index is 11.3. The smallest absolute Gasteiger partial charge is 0.175 e. The molecule has 1 N–H and O–H groups in total. The Balaban J connectivity index is 1.90. The minimum atomic E-state index is -3.12. The third kappa shape index (κ3) is 3.82. The molecule has 5 nitrogen and oxygen atoms in total. The van der Waals surface area contributed by atoms with Gasteiger partial charge < -0.3 is 5.32 Å². The summed E-state index contributed by atoms with van der Waals surface area (Å²) in [6, 6.07) is 6.78. The summed E-state index contributed by atoms with van der Waals surface area (Å²) in [7, 11) is -1.23. The predicted octanol–water partition coefficient (Wildman–Crippen LogP) is 1.48. The first-order chi connectivity index (χ1) is 8.95. The third-order valence-corrected chi connectivity index (χ3v) is 3.91. The molecular weight excluding hydrogens is 262 g/mol. The van der Waals surface area contributed by atoms with Gasteiger partial charge >= 0.3 is 0 Å². The van der Waals surface area contributed by atoms with E-state index in [9.17, 15) is 8.42 Å². The van der Waals surface area contributed by atoms with Crippen LogP contribution in [-0.4, -0.2) is 31.0 Å². The van der Waals surface area contributed by atoms with Crippen LogP contribution in [0.4, 0.5) is 5.69 Å². The van der Waals surface area contributed by atoms with E-state index in [4.69, 9.17) is 0 Å². The van der Waals surface area contributed by atoms with Crippen LogP contribution in [0.2, 0.25) is 0 Å². The van der Waals surface area contributed by atoms with Gasteiger partial charge in [0.25, 0.3) is 0 Å². The van der Waals surface area contributed by atoms with Gasteiger partial charge in [-0.1, -0.05) is 0 Å². The van der Waals surface area contributed by atoms with Crippen molar-refractivity contribution in [2.75, 3.05) is 18.1 Å². The van der Waals surface area contributed by atoms with Crippen LogP contribution in [0.5, 0.6) is 0 Å². The second kappa shape index (κ2) is 5.44. The molecule has 0 fully saturated rings. The quantitative estimate of drug-likeness (QED) is 0.900. The molecule has 0 atom stereocenters. The van der Waals surface area contributed by atoms with E-state index in [1.807, 2.05) is 19.4 Å². The largest absolute Gasteiger partial charge is 0.385 e. The van der Waals surface area contributed by atoms with Gasteiger partial charge in [0.1, 0.15) is 0 Å². The number of sulfone groups is 1. The minimum Gasteiger partial charge on any atom is -0.385 e. The van der Waals surface area contributed by atoms with Gasteiger partial charge in [0, 0.05) is 31.7 Å². The lowest BCUT2D eigenvalue weighted by Gasteiger charge is -2.06. The van der Waals surface area contributed by atoms with Crippen molar-refractivity contribution < 1.29 is 8.42 Å². The zero-order valence-corrected chi connectivity index (χ0v) is 11.8. The highest BCUT2D eigenvalue weighted by Crippen LogP contribution is 2.13. The van der Waals surface area contributed by atoms with Gasteiger partial charge in [-0.25, -0.2) is 8.42 Å².